The number of anilines is 1. The first-order valence-electron chi connectivity index (χ1n) is 5.81. The molecule has 102 valence electrons. The van der Waals surface area contributed by atoms with Crippen LogP contribution in [0.5, 0.6) is 5.75 Å². The number of rotatable bonds is 4. The van der Waals surface area contributed by atoms with Crippen molar-refractivity contribution < 1.29 is 26.9 Å². The predicted molar refractivity (Wildman–Crippen MR) is 67.0 cm³/mol. The summed E-state index contributed by atoms with van der Waals surface area (Å²) in [4.78, 5) is 11.8. The molecular weight excluding hydrogens is 266 g/mol. The van der Waals surface area contributed by atoms with Gasteiger partial charge in [-0.1, -0.05) is 6.07 Å². The Labute approximate surface area is 117 Å². The van der Waals surface area contributed by atoms with E-state index >= 15 is 0 Å². The number of phenolic OH excluding ortho intramolecular Hbond substituents is 1. The van der Waals surface area contributed by atoms with Crippen molar-refractivity contribution >= 4 is 11.6 Å². The van der Waals surface area contributed by atoms with Gasteiger partial charge in [-0.15, -0.1) is 0 Å². The Bertz CT molecular complexity index is 554. The first kappa shape index (κ1) is 15.0. The Morgan fingerprint density at radius 2 is 2.26 bits per heavy atom. The van der Waals surface area contributed by atoms with Gasteiger partial charge in [-0.3, -0.25) is 4.79 Å². The van der Waals surface area contributed by atoms with E-state index in [-0.39, 0.29) is 30.6 Å². The molecule has 0 saturated heterocycles. The van der Waals surface area contributed by atoms with Gasteiger partial charge in [0.05, 0.1) is 6.54 Å². The Morgan fingerprint density at radius 3 is 2.89 bits per heavy atom. The fourth-order valence-corrected chi connectivity index (χ4v) is 1.67. The number of hydrogen-bond acceptors (Lipinski definition) is 2. The maximum atomic E-state index is 11.8. The van der Waals surface area contributed by atoms with Gasteiger partial charge in [0.1, 0.15) is 18.1 Å². The average molecular weight is 282 g/mol. The minimum atomic E-state index is -0.126. The van der Waals surface area contributed by atoms with Crippen LogP contribution in [-0.4, -0.2) is 15.6 Å². The van der Waals surface area contributed by atoms with Crippen LogP contribution in [0, 0.1) is 0 Å². The zero-order chi connectivity index (χ0) is 13.0. The molecule has 2 aromatic rings. The molecule has 0 fully saturated rings. The summed E-state index contributed by atoms with van der Waals surface area (Å²) in [6.07, 6.45) is 5.65. The van der Waals surface area contributed by atoms with Crippen molar-refractivity contribution in [1.29, 1.82) is 0 Å². The van der Waals surface area contributed by atoms with Gasteiger partial charge in [0.2, 0.25) is 6.33 Å². The molecule has 1 aromatic carbocycles. The van der Waals surface area contributed by atoms with Crippen LogP contribution >= 0.6 is 0 Å². The zero-order valence-electron chi connectivity index (χ0n) is 10.6. The molecular formula is C13H16ClN3O2. The van der Waals surface area contributed by atoms with Crippen molar-refractivity contribution in [1.82, 2.24) is 4.57 Å². The molecule has 1 heterocycles. The van der Waals surface area contributed by atoms with Crippen molar-refractivity contribution in [2.24, 2.45) is 0 Å². The number of imidazole rings is 1. The van der Waals surface area contributed by atoms with Gasteiger partial charge in [0, 0.05) is 11.8 Å². The highest BCUT2D eigenvalue weighted by Gasteiger charge is 2.08. The van der Waals surface area contributed by atoms with Crippen molar-refractivity contribution in [2.45, 2.75) is 20.0 Å². The van der Waals surface area contributed by atoms with Gasteiger partial charge in [0.25, 0.3) is 5.91 Å². The number of carbonyl (C=O) groups is 1. The predicted octanol–water partition coefficient (Wildman–Crippen LogP) is -1.86. The van der Waals surface area contributed by atoms with Crippen LogP contribution in [0.3, 0.4) is 0 Å². The molecule has 0 saturated carbocycles. The molecule has 2 N–H and O–H groups in total. The highest BCUT2D eigenvalue weighted by molar-refractivity contribution is 5.89. The van der Waals surface area contributed by atoms with E-state index < -0.39 is 0 Å². The number of halogens is 1. The maximum Gasteiger partial charge on any atom is 0.266 e. The van der Waals surface area contributed by atoms with Crippen molar-refractivity contribution in [3.63, 3.8) is 0 Å². The van der Waals surface area contributed by atoms with Crippen molar-refractivity contribution in [3.8, 4) is 5.75 Å². The van der Waals surface area contributed by atoms with E-state index in [9.17, 15) is 9.90 Å². The van der Waals surface area contributed by atoms with E-state index in [1.807, 2.05) is 34.8 Å². The third kappa shape index (κ3) is 4.30. The number of carbonyl (C=O) groups excluding carboxylic acids is 1. The number of phenols is 1. The molecule has 5 nitrogen and oxygen atoms in total. The van der Waals surface area contributed by atoms with E-state index in [0.29, 0.717) is 5.69 Å². The number of amides is 1. The Hall–Kier alpha value is -2.01. The normalized spacial score (nSPS) is 9.74. The zero-order valence-corrected chi connectivity index (χ0v) is 11.3. The number of aromatic hydroxyl groups is 1. The Morgan fingerprint density at radius 1 is 1.47 bits per heavy atom. The summed E-state index contributed by atoms with van der Waals surface area (Å²) in [7, 11) is 0. The van der Waals surface area contributed by atoms with Crippen molar-refractivity contribution in [2.75, 3.05) is 5.32 Å². The molecule has 6 heteroatoms. The Kier molecular flexibility index (Phi) is 5.38. The van der Waals surface area contributed by atoms with Gasteiger partial charge in [-0.2, -0.15) is 0 Å². The van der Waals surface area contributed by atoms with Crippen LogP contribution in [0.2, 0.25) is 0 Å². The van der Waals surface area contributed by atoms with E-state index in [4.69, 9.17) is 0 Å². The molecule has 0 aliphatic rings. The van der Waals surface area contributed by atoms with Crippen molar-refractivity contribution in [3.05, 3.63) is 43.0 Å². The second-order valence-electron chi connectivity index (χ2n) is 4.01. The number of benzene rings is 1. The largest absolute Gasteiger partial charge is 1.00 e. The van der Waals surface area contributed by atoms with Crippen LogP contribution in [-0.2, 0) is 17.9 Å². The standard InChI is InChI=1S/C13H15N3O2.ClH/c1-2-15-6-7-16(10-15)9-13(18)14-11-4-3-5-12(17)8-11;/h3-8,10H,2,9H2,1H3,(H-,14,17,18);1H. The third-order valence-corrected chi connectivity index (χ3v) is 2.57. The summed E-state index contributed by atoms with van der Waals surface area (Å²) in [6.45, 7) is 3.17. The summed E-state index contributed by atoms with van der Waals surface area (Å²) < 4.78 is 3.79. The molecule has 0 aliphatic heterocycles. The number of aromatic nitrogens is 2. The number of nitrogens with zero attached hydrogens (tertiary/aromatic N) is 2. The van der Waals surface area contributed by atoms with Crippen LogP contribution in [0.15, 0.2) is 43.0 Å². The molecule has 1 amide bonds. The van der Waals surface area contributed by atoms with E-state index in [2.05, 4.69) is 5.32 Å². The number of nitrogens with one attached hydrogen (secondary N) is 1. The van der Waals surface area contributed by atoms with Crippen LogP contribution in [0.25, 0.3) is 0 Å². The lowest BCUT2D eigenvalue weighted by Gasteiger charge is -2.03. The van der Waals surface area contributed by atoms with Crippen LogP contribution < -0.4 is 22.3 Å². The fraction of sp³-hybridized carbons (Fsp3) is 0.231. The minimum absolute atomic E-state index is 0. The monoisotopic (exact) mass is 281 g/mol. The van der Waals surface area contributed by atoms with Gasteiger partial charge in [-0.25, -0.2) is 9.13 Å². The first-order chi connectivity index (χ1) is 8.67. The summed E-state index contributed by atoms with van der Waals surface area (Å²) in [5, 5.41) is 12.0. The summed E-state index contributed by atoms with van der Waals surface area (Å²) >= 11 is 0. The van der Waals surface area contributed by atoms with Gasteiger partial charge in [0.15, 0.2) is 6.54 Å². The molecule has 0 radical (unpaired) electrons. The van der Waals surface area contributed by atoms with Gasteiger partial charge < -0.3 is 22.8 Å². The van der Waals surface area contributed by atoms with E-state index in [0.717, 1.165) is 6.54 Å². The lowest BCUT2D eigenvalue weighted by molar-refractivity contribution is -0.683. The first-order valence-corrected chi connectivity index (χ1v) is 5.81. The second kappa shape index (κ2) is 6.80. The van der Waals surface area contributed by atoms with Gasteiger partial charge >= 0.3 is 0 Å². The lowest BCUT2D eigenvalue weighted by atomic mass is 10.3. The molecule has 0 spiro atoms. The summed E-state index contributed by atoms with van der Waals surface area (Å²) in [5.41, 5.74) is 0.593. The van der Waals surface area contributed by atoms with Crippen LogP contribution in [0.1, 0.15) is 6.92 Å². The summed E-state index contributed by atoms with van der Waals surface area (Å²) in [6, 6.07) is 6.50. The van der Waals surface area contributed by atoms with Gasteiger partial charge in [-0.05, 0) is 19.1 Å². The molecule has 1 aromatic heterocycles. The minimum Gasteiger partial charge on any atom is -1.00 e. The molecule has 19 heavy (non-hydrogen) atoms. The highest BCUT2D eigenvalue weighted by atomic mass is 35.5. The maximum absolute atomic E-state index is 11.8. The topological polar surface area (TPSA) is 58.1 Å². The molecule has 2 rings (SSSR count). The Balaban J connectivity index is 0.00000180. The number of aryl methyl sites for hydroxylation is 1. The average Bonchev–Trinajstić information content (AvgIpc) is 2.76. The second-order valence-corrected chi connectivity index (χ2v) is 4.01. The smallest absolute Gasteiger partial charge is 0.266 e. The quantitative estimate of drug-likeness (QED) is 0.646. The summed E-state index contributed by atoms with van der Waals surface area (Å²) in [5.74, 6) is 0.0112. The lowest BCUT2D eigenvalue weighted by Crippen LogP contribution is -3.00. The van der Waals surface area contributed by atoms with E-state index in [1.54, 1.807) is 18.2 Å². The molecule has 0 bridgehead atoms. The number of hydrogen-bond donors (Lipinski definition) is 2. The SMILES string of the molecule is CCn1cc[n+](CC(=O)Nc2cccc(O)c2)c1.[Cl-]. The third-order valence-electron chi connectivity index (χ3n) is 2.57. The van der Waals surface area contributed by atoms with E-state index in [1.165, 1.54) is 6.07 Å². The highest BCUT2D eigenvalue weighted by Crippen LogP contribution is 2.14. The molecule has 0 unspecified atom stereocenters. The molecule has 0 aliphatic carbocycles. The fourth-order valence-electron chi connectivity index (χ4n) is 1.67. The van der Waals surface area contributed by atoms with Crippen LogP contribution in [0.4, 0.5) is 5.69 Å². The molecule has 0 atom stereocenters.